The zero-order valence-electron chi connectivity index (χ0n) is 11.1. The number of benzene rings is 1. The Morgan fingerprint density at radius 2 is 1.80 bits per heavy atom. The van der Waals surface area contributed by atoms with Crippen LogP contribution in [0.5, 0.6) is 0 Å². The average Bonchev–Trinajstić information content (AvgIpc) is 2.45. The zero-order valence-corrected chi connectivity index (χ0v) is 11.1. The molecule has 0 radical (unpaired) electrons. The summed E-state index contributed by atoms with van der Waals surface area (Å²) in [6, 6.07) is 8.84. The Bertz CT molecular complexity index is 628. The lowest BCUT2D eigenvalue weighted by Gasteiger charge is -2.32. The molecule has 0 fully saturated rings. The van der Waals surface area contributed by atoms with Crippen LogP contribution in [0.25, 0.3) is 0 Å². The highest BCUT2D eigenvalue weighted by Gasteiger charge is 2.43. The maximum absolute atomic E-state index is 12.1. The Hall–Kier alpha value is -2.49. The molecule has 2 N–H and O–H groups in total. The highest BCUT2D eigenvalue weighted by Crippen LogP contribution is 2.37. The van der Waals surface area contributed by atoms with Crippen molar-refractivity contribution in [3.05, 3.63) is 59.7 Å². The van der Waals surface area contributed by atoms with E-state index in [2.05, 4.69) is 0 Å². The fourth-order valence-corrected chi connectivity index (χ4v) is 2.56. The van der Waals surface area contributed by atoms with Crippen LogP contribution in [-0.4, -0.2) is 17.5 Å². The normalized spacial score (nSPS) is 17.6. The van der Waals surface area contributed by atoms with E-state index in [1.807, 2.05) is 6.07 Å². The molecule has 2 rings (SSSR count). The Kier molecular flexibility index (Phi) is 3.66. The Morgan fingerprint density at radius 3 is 2.35 bits per heavy atom. The molecule has 0 aliphatic heterocycles. The summed E-state index contributed by atoms with van der Waals surface area (Å²) in [6.07, 6.45) is 3.90. The Labute approximate surface area is 117 Å². The van der Waals surface area contributed by atoms with Crippen LogP contribution in [-0.2, 0) is 19.8 Å². The molecule has 20 heavy (non-hydrogen) atoms. The van der Waals surface area contributed by atoms with Crippen LogP contribution in [0.15, 0.2) is 54.1 Å². The Balaban J connectivity index is 2.68. The van der Waals surface area contributed by atoms with Crippen molar-refractivity contribution in [3.63, 3.8) is 0 Å². The minimum Gasteiger partial charge on any atom is -0.369 e. The van der Waals surface area contributed by atoms with Crippen LogP contribution in [0.1, 0.15) is 18.9 Å². The average molecular weight is 269 g/mol. The molecule has 4 heteroatoms. The number of amides is 1. The number of ketones is 2. The van der Waals surface area contributed by atoms with Gasteiger partial charge in [0.25, 0.3) is 0 Å². The molecule has 1 atom stereocenters. The van der Waals surface area contributed by atoms with Gasteiger partial charge in [-0.15, -0.1) is 0 Å². The number of primary amides is 1. The summed E-state index contributed by atoms with van der Waals surface area (Å²) < 4.78 is 0. The topological polar surface area (TPSA) is 77.2 Å². The number of rotatable bonds is 4. The Morgan fingerprint density at radius 1 is 1.15 bits per heavy atom. The number of nitrogens with two attached hydrogens (primary N) is 1. The van der Waals surface area contributed by atoms with E-state index >= 15 is 0 Å². The third-order valence-corrected chi connectivity index (χ3v) is 3.63. The van der Waals surface area contributed by atoms with Crippen LogP contribution < -0.4 is 5.73 Å². The first-order valence-electron chi connectivity index (χ1n) is 6.36. The van der Waals surface area contributed by atoms with Crippen molar-refractivity contribution in [2.24, 2.45) is 5.73 Å². The summed E-state index contributed by atoms with van der Waals surface area (Å²) in [4.78, 5) is 35.8. The van der Waals surface area contributed by atoms with Crippen LogP contribution in [0.2, 0.25) is 0 Å². The van der Waals surface area contributed by atoms with Crippen LogP contribution in [0, 0.1) is 0 Å². The van der Waals surface area contributed by atoms with Gasteiger partial charge in [-0.05, 0) is 30.2 Å². The number of carbonyl (C=O) groups excluding carboxylic acids is 3. The van der Waals surface area contributed by atoms with Gasteiger partial charge < -0.3 is 5.73 Å². The lowest BCUT2D eigenvalue weighted by molar-refractivity contribution is -0.124. The highest BCUT2D eigenvalue weighted by atomic mass is 16.2. The SMILES string of the molecule is CCC(C(N)=O)(C1=CC(=O)C=CC1=O)c1ccccc1. The maximum atomic E-state index is 12.1. The van der Waals surface area contributed by atoms with E-state index in [1.54, 1.807) is 31.2 Å². The zero-order chi connectivity index (χ0) is 14.8. The molecule has 0 bridgehead atoms. The summed E-state index contributed by atoms with van der Waals surface area (Å²) in [5, 5.41) is 0. The maximum Gasteiger partial charge on any atom is 0.232 e. The first-order valence-corrected chi connectivity index (χ1v) is 6.36. The fraction of sp³-hybridized carbons (Fsp3) is 0.188. The summed E-state index contributed by atoms with van der Waals surface area (Å²) in [5.41, 5.74) is 5.09. The van der Waals surface area contributed by atoms with Crippen molar-refractivity contribution in [2.75, 3.05) is 0 Å². The lowest BCUT2D eigenvalue weighted by atomic mass is 9.69. The molecule has 1 aromatic carbocycles. The van der Waals surface area contributed by atoms with Crippen molar-refractivity contribution in [3.8, 4) is 0 Å². The van der Waals surface area contributed by atoms with E-state index in [0.29, 0.717) is 12.0 Å². The fourth-order valence-electron chi connectivity index (χ4n) is 2.56. The van der Waals surface area contributed by atoms with Gasteiger partial charge in [0.15, 0.2) is 11.6 Å². The van der Waals surface area contributed by atoms with Crippen molar-refractivity contribution < 1.29 is 14.4 Å². The minimum atomic E-state index is -1.27. The van der Waals surface area contributed by atoms with Crippen LogP contribution in [0.4, 0.5) is 0 Å². The molecule has 0 saturated carbocycles. The third-order valence-electron chi connectivity index (χ3n) is 3.63. The van der Waals surface area contributed by atoms with E-state index in [0.717, 1.165) is 0 Å². The van der Waals surface area contributed by atoms with Gasteiger partial charge in [-0.2, -0.15) is 0 Å². The smallest absolute Gasteiger partial charge is 0.232 e. The number of carbonyl (C=O) groups is 3. The number of hydrogen-bond donors (Lipinski definition) is 1. The standard InChI is InChI=1S/C16H15NO3/c1-2-16(15(17)20,11-6-4-3-5-7-11)13-10-12(18)8-9-14(13)19/h3-10H,2H2,1H3,(H2,17,20). The van der Waals surface area contributed by atoms with Crippen LogP contribution >= 0.6 is 0 Å². The quantitative estimate of drug-likeness (QED) is 0.840. The van der Waals surface area contributed by atoms with Crippen molar-refractivity contribution >= 4 is 17.5 Å². The van der Waals surface area contributed by atoms with E-state index in [-0.39, 0.29) is 17.1 Å². The predicted octanol–water partition coefficient (Wildman–Crippen LogP) is 1.45. The van der Waals surface area contributed by atoms with Gasteiger partial charge in [-0.25, -0.2) is 0 Å². The minimum absolute atomic E-state index is 0.145. The monoisotopic (exact) mass is 269 g/mol. The van der Waals surface area contributed by atoms with Gasteiger partial charge in [0.1, 0.15) is 5.41 Å². The van der Waals surface area contributed by atoms with Crippen molar-refractivity contribution in [2.45, 2.75) is 18.8 Å². The molecule has 1 unspecified atom stereocenters. The predicted molar refractivity (Wildman–Crippen MR) is 74.8 cm³/mol. The second-order valence-corrected chi connectivity index (χ2v) is 4.65. The van der Waals surface area contributed by atoms with E-state index in [9.17, 15) is 14.4 Å². The van der Waals surface area contributed by atoms with Gasteiger partial charge in [0.2, 0.25) is 5.91 Å². The molecule has 1 amide bonds. The molecular formula is C16H15NO3. The summed E-state index contributed by atoms with van der Waals surface area (Å²) in [5.74, 6) is -1.29. The van der Waals surface area contributed by atoms with Crippen LogP contribution in [0.3, 0.4) is 0 Å². The van der Waals surface area contributed by atoms with Gasteiger partial charge >= 0.3 is 0 Å². The summed E-state index contributed by atoms with van der Waals surface area (Å²) >= 11 is 0. The molecule has 0 spiro atoms. The molecule has 0 saturated heterocycles. The van der Waals surface area contributed by atoms with Gasteiger partial charge in [0.05, 0.1) is 0 Å². The van der Waals surface area contributed by atoms with Gasteiger partial charge in [-0.3, -0.25) is 14.4 Å². The number of allylic oxidation sites excluding steroid dienone is 3. The molecule has 4 nitrogen and oxygen atoms in total. The largest absolute Gasteiger partial charge is 0.369 e. The lowest BCUT2D eigenvalue weighted by Crippen LogP contribution is -2.45. The van der Waals surface area contributed by atoms with Crippen molar-refractivity contribution in [1.29, 1.82) is 0 Å². The number of hydrogen-bond acceptors (Lipinski definition) is 3. The first-order chi connectivity index (χ1) is 9.52. The van der Waals surface area contributed by atoms with Gasteiger partial charge in [-0.1, -0.05) is 37.3 Å². The van der Waals surface area contributed by atoms with E-state index in [1.165, 1.54) is 18.2 Å². The molecule has 1 aromatic rings. The molecule has 1 aliphatic rings. The first kappa shape index (κ1) is 13.9. The molecule has 0 heterocycles. The molecule has 102 valence electrons. The van der Waals surface area contributed by atoms with Crippen molar-refractivity contribution in [1.82, 2.24) is 0 Å². The molecule has 1 aliphatic carbocycles. The van der Waals surface area contributed by atoms with Gasteiger partial charge in [0, 0.05) is 5.57 Å². The van der Waals surface area contributed by atoms with E-state index < -0.39 is 11.3 Å². The summed E-state index contributed by atoms with van der Waals surface area (Å²) in [7, 11) is 0. The second kappa shape index (κ2) is 5.25. The molecule has 0 aromatic heterocycles. The van der Waals surface area contributed by atoms with E-state index in [4.69, 9.17) is 5.73 Å². The second-order valence-electron chi connectivity index (χ2n) is 4.65. The third kappa shape index (κ3) is 2.09. The summed E-state index contributed by atoms with van der Waals surface area (Å²) in [6.45, 7) is 1.77. The highest BCUT2D eigenvalue weighted by molar-refractivity contribution is 6.21. The molecular weight excluding hydrogens is 254 g/mol.